The van der Waals surface area contributed by atoms with Crippen LogP contribution in [0.4, 0.5) is 0 Å². The monoisotopic (exact) mass is 508 g/mol. The van der Waals surface area contributed by atoms with Gasteiger partial charge in [0, 0.05) is 17.8 Å². The first kappa shape index (κ1) is 27.4. The first-order valence-corrected chi connectivity index (χ1v) is 13.6. The minimum Gasteiger partial charge on any atom is -0.478 e. The SMILES string of the molecule is C=C(NC1CCCC(N)C1)c1ccc(C)c(/C(C)=C(/C)CCc2ccc(-c3ccccc3C(=O)O)cc2)c1. The highest BCUT2D eigenvalue weighted by atomic mass is 16.4. The molecule has 1 aliphatic carbocycles. The highest BCUT2D eigenvalue weighted by molar-refractivity contribution is 5.96. The summed E-state index contributed by atoms with van der Waals surface area (Å²) in [5, 5.41) is 13.1. The topological polar surface area (TPSA) is 75.3 Å². The first-order chi connectivity index (χ1) is 18.2. The third kappa shape index (κ3) is 6.62. The van der Waals surface area contributed by atoms with Crippen molar-refractivity contribution < 1.29 is 9.90 Å². The molecule has 4 N–H and O–H groups in total. The van der Waals surface area contributed by atoms with Crippen LogP contribution in [-0.4, -0.2) is 23.2 Å². The Hall–Kier alpha value is -3.63. The van der Waals surface area contributed by atoms with Gasteiger partial charge in [-0.2, -0.15) is 0 Å². The van der Waals surface area contributed by atoms with Gasteiger partial charge in [0.25, 0.3) is 0 Å². The number of carbonyl (C=O) groups is 1. The molecule has 2 atom stereocenters. The van der Waals surface area contributed by atoms with E-state index < -0.39 is 5.97 Å². The Kier molecular flexibility index (Phi) is 8.85. The summed E-state index contributed by atoms with van der Waals surface area (Å²) in [4.78, 5) is 11.6. The van der Waals surface area contributed by atoms with Crippen LogP contribution >= 0.6 is 0 Å². The molecule has 0 saturated heterocycles. The van der Waals surface area contributed by atoms with Gasteiger partial charge < -0.3 is 16.2 Å². The van der Waals surface area contributed by atoms with Crippen molar-refractivity contribution in [1.29, 1.82) is 0 Å². The van der Waals surface area contributed by atoms with Crippen molar-refractivity contribution in [3.05, 3.63) is 107 Å². The van der Waals surface area contributed by atoms with E-state index in [0.717, 1.165) is 54.5 Å². The molecule has 3 aromatic carbocycles. The smallest absolute Gasteiger partial charge is 0.336 e. The number of carboxylic acids is 1. The van der Waals surface area contributed by atoms with E-state index >= 15 is 0 Å². The van der Waals surface area contributed by atoms with Gasteiger partial charge in [0.1, 0.15) is 0 Å². The van der Waals surface area contributed by atoms with Crippen molar-refractivity contribution >= 4 is 17.2 Å². The van der Waals surface area contributed by atoms with E-state index in [0.29, 0.717) is 11.6 Å². The summed E-state index contributed by atoms with van der Waals surface area (Å²) in [7, 11) is 0. The Morgan fingerprint density at radius 2 is 1.76 bits per heavy atom. The number of benzene rings is 3. The molecule has 0 bridgehead atoms. The second-order valence-electron chi connectivity index (χ2n) is 10.7. The van der Waals surface area contributed by atoms with Crippen LogP contribution in [0.2, 0.25) is 0 Å². The number of allylic oxidation sites excluding steroid dienone is 2. The van der Waals surface area contributed by atoms with Gasteiger partial charge in [-0.3, -0.25) is 0 Å². The molecule has 0 amide bonds. The molecule has 1 saturated carbocycles. The quantitative estimate of drug-likeness (QED) is 0.278. The van der Waals surface area contributed by atoms with Crippen LogP contribution in [0, 0.1) is 6.92 Å². The van der Waals surface area contributed by atoms with Crippen LogP contribution in [0.25, 0.3) is 22.4 Å². The van der Waals surface area contributed by atoms with Crippen molar-refractivity contribution in [3.63, 3.8) is 0 Å². The maximum absolute atomic E-state index is 11.6. The minimum absolute atomic E-state index is 0.284. The van der Waals surface area contributed by atoms with E-state index in [9.17, 15) is 9.90 Å². The number of rotatable bonds is 9. The molecule has 0 radical (unpaired) electrons. The lowest BCUT2D eigenvalue weighted by Gasteiger charge is -2.29. The number of hydrogen-bond donors (Lipinski definition) is 3. The number of hydrogen-bond acceptors (Lipinski definition) is 3. The van der Waals surface area contributed by atoms with E-state index in [4.69, 9.17) is 5.73 Å². The van der Waals surface area contributed by atoms with Gasteiger partial charge in [-0.05, 0) is 110 Å². The van der Waals surface area contributed by atoms with E-state index in [2.05, 4.69) is 63.0 Å². The van der Waals surface area contributed by atoms with E-state index in [1.165, 1.54) is 34.3 Å². The average Bonchev–Trinajstić information content (AvgIpc) is 2.92. The summed E-state index contributed by atoms with van der Waals surface area (Å²) in [6.07, 6.45) is 6.33. The Labute approximate surface area is 227 Å². The Morgan fingerprint density at radius 1 is 1.03 bits per heavy atom. The maximum atomic E-state index is 11.6. The molecule has 0 aliphatic heterocycles. The number of aromatic carboxylic acids is 1. The third-order valence-corrected chi connectivity index (χ3v) is 7.93. The Morgan fingerprint density at radius 3 is 2.47 bits per heavy atom. The number of nitrogens with one attached hydrogen (secondary N) is 1. The summed E-state index contributed by atoms with van der Waals surface area (Å²) in [5.41, 5.74) is 16.7. The normalized spacial score (nSPS) is 18.0. The fourth-order valence-electron chi connectivity index (χ4n) is 5.42. The van der Waals surface area contributed by atoms with E-state index in [-0.39, 0.29) is 6.04 Å². The van der Waals surface area contributed by atoms with Crippen LogP contribution in [0.1, 0.15) is 78.6 Å². The van der Waals surface area contributed by atoms with E-state index in [1.807, 2.05) is 24.3 Å². The summed E-state index contributed by atoms with van der Waals surface area (Å²) < 4.78 is 0. The molecule has 3 aromatic rings. The molecule has 0 aromatic heterocycles. The zero-order chi connectivity index (χ0) is 27.2. The molecular weight excluding hydrogens is 468 g/mol. The third-order valence-electron chi connectivity index (χ3n) is 7.93. The minimum atomic E-state index is -0.905. The summed E-state index contributed by atoms with van der Waals surface area (Å²) in [6.45, 7) is 10.9. The van der Waals surface area contributed by atoms with Crippen molar-refractivity contribution in [1.82, 2.24) is 5.32 Å². The fraction of sp³-hybridized carbons (Fsp3) is 0.324. The van der Waals surface area contributed by atoms with E-state index in [1.54, 1.807) is 12.1 Å². The number of carboxylic acid groups (broad SMARTS) is 1. The summed E-state index contributed by atoms with van der Waals surface area (Å²) >= 11 is 0. The Bertz CT molecular complexity index is 1340. The predicted molar refractivity (Wildman–Crippen MR) is 159 cm³/mol. The van der Waals surface area contributed by atoms with Crippen molar-refractivity contribution in [2.75, 3.05) is 0 Å². The molecule has 0 spiro atoms. The van der Waals surface area contributed by atoms with Gasteiger partial charge in [-0.25, -0.2) is 4.79 Å². The molecule has 1 fully saturated rings. The van der Waals surface area contributed by atoms with Gasteiger partial charge in [-0.15, -0.1) is 0 Å². The Balaban J connectivity index is 1.44. The van der Waals surface area contributed by atoms with Gasteiger partial charge in [0.2, 0.25) is 0 Å². The second-order valence-corrected chi connectivity index (χ2v) is 10.7. The lowest BCUT2D eigenvalue weighted by atomic mass is 9.90. The standard InChI is InChI=1S/C34H40N2O2/c1-22(12-14-26-15-18-27(19-16-26)31-10-5-6-11-32(31)34(37)38)24(3)33-20-28(17-13-23(33)2)25(4)36-30-9-7-8-29(35)21-30/h5-6,10-11,13,15-20,29-30,36H,4,7-9,12,14,21,35H2,1-3H3,(H,37,38)/b24-22-. The second kappa shape index (κ2) is 12.3. The van der Waals surface area contributed by atoms with Gasteiger partial charge >= 0.3 is 5.97 Å². The average molecular weight is 509 g/mol. The highest BCUT2D eigenvalue weighted by Gasteiger charge is 2.20. The molecule has 4 rings (SSSR count). The zero-order valence-electron chi connectivity index (χ0n) is 22.9. The molecule has 0 heterocycles. The molecule has 198 valence electrons. The molecule has 1 aliphatic rings. The maximum Gasteiger partial charge on any atom is 0.336 e. The predicted octanol–water partition coefficient (Wildman–Crippen LogP) is 7.62. The van der Waals surface area contributed by atoms with Crippen LogP contribution in [0.5, 0.6) is 0 Å². The molecule has 38 heavy (non-hydrogen) atoms. The lowest BCUT2D eigenvalue weighted by molar-refractivity contribution is 0.0697. The largest absolute Gasteiger partial charge is 0.478 e. The van der Waals surface area contributed by atoms with Gasteiger partial charge in [-0.1, -0.05) is 66.7 Å². The lowest BCUT2D eigenvalue weighted by Crippen LogP contribution is -2.38. The number of aryl methyl sites for hydroxylation is 2. The van der Waals surface area contributed by atoms with Crippen LogP contribution in [0.15, 0.2) is 78.9 Å². The van der Waals surface area contributed by atoms with Crippen LogP contribution < -0.4 is 11.1 Å². The highest BCUT2D eigenvalue weighted by Crippen LogP contribution is 2.29. The molecular formula is C34H40N2O2. The fourth-order valence-corrected chi connectivity index (χ4v) is 5.42. The molecule has 4 nitrogen and oxygen atoms in total. The van der Waals surface area contributed by atoms with Crippen LogP contribution in [0.3, 0.4) is 0 Å². The number of nitrogens with two attached hydrogens (primary N) is 1. The van der Waals surface area contributed by atoms with Crippen molar-refractivity contribution in [2.24, 2.45) is 5.73 Å². The first-order valence-electron chi connectivity index (χ1n) is 13.6. The zero-order valence-corrected chi connectivity index (χ0v) is 22.9. The summed E-state index contributed by atoms with van der Waals surface area (Å²) in [5.74, 6) is -0.905. The molecule has 4 heteroatoms. The van der Waals surface area contributed by atoms with Crippen molar-refractivity contribution in [2.45, 2.75) is 71.4 Å². The van der Waals surface area contributed by atoms with Crippen LogP contribution in [-0.2, 0) is 6.42 Å². The van der Waals surface area contributed by atoms with Gasteiger partial charge in [0.05, 0.1) is 5.56 Å². The summed E-state index contributed by atoms with van der Waals surface area (Å²) in [6, 6.07) is 22.7. The van der Waals surface area contributed by atoms with Crippen molar-refractivity contribution in [3.8, 4) is 11.1 Å². The van der Waals surface area contributed by atoms with Gasteiger partial charge in [0.15, 0.2) is 0 Å². The molecule has 2 unspecified atom stereocenters.